The molecular formula is C19H19ClN2O3. The lowest BCUT2D eigenvalue weighted by molar-refractivity contribution is -0.122. The number of hydrogen-bond donors (Lipinski definition) is 2. The minimum Gasteiger partial charge on any atom is -0.479 e. The van der Waals surface area contributed by atoms with Gasteiger partial charge in [-0.25, -0.2) is 0 Å². The highest BCUT2D eigenvalue weighted by molar-refractivity contribution is 6.32. The molecule has 0 bridgehead atoms. The molecule has 2 aromatic carbocycles. The summed E-state index contributed by atoms with van der Waals surface area (Å²) in [6.45, 7) is 5.51. The second kappa shape index (κ2) is 8.89. The standard InChI is InChI=1S/C19H19ClN2O3/c1-3-12-21-19(24)14-8-4-6-10-16(14)22-18(23)13(2)25-17-11-7-5-9-15(17)20/h3-11,13H,1,12H2,2H3,(H,21,24)(H,22,23). The molecule has 0 saturated carbocycles. The first-order chi connectivity index (χ1) is 12.0. The Morgan fingerprint density at radius 1 is 1.20 bits per heavy atom. The normalized spacial score (nSPS) is 11.3. The molecule has 25 heavy (non-hydrogen) atoms. The average molecular weight is 359 g/mol. The van der Waals surface area contributed by atoms with Gasteiger partial charge in [-0.1, -0.05) is 41.9 Å². The number of rotatable bonds is 7. The van der Waals surface area contributed by atoms with Gasteiger partial charge < -0.3 is 15.4 Å². The quantitative estimate of drug-likeness (QED) is 0.742. The number of benzene rings is 2. The first kappa shape index (κ1) is 18.5. The van der Waals surface area contributed by atoms with E-state index >= 15 is 0 Å². The van der Waals surface area contributed by atoms with Gasteiger partial charge in [0.05, 0.1) is 16.3 Å². The molecule has 2 N–H and O–H groups in total. The molecular weight excluding hydrogens is 340 g/mol. The van der Waals surface area contributed by atoms with Crippen LogP contribution in [0.5, 0.6) is 5.75 Å². The van der Waals surface area contributed by atoms with E-state index in [0.717, 1.165) is 0 Å². The molecule has 0 fully saturated rings. The highest BCUT2D eigenvalue weighted by atomic mass is 35.5. The molecule has 1 unspecified atom stereocenters. The summed E-state index contributed by atoms with van der Waals surface area (Å²) in [5.41, 5.74) is 0.770. The van der Waals surface area contributed by atoms with Gasteiger partial charge >= 0.3 is 0 Å². The van der Waals surface area contributed by atoms with E-state index in [1.165, 1.54) is 0 Å². The van der Waals surface area contributed by atoms with E-state index in [1.54, 1.807) is 61.5 Å². The Labute approximate surface area is 151 Å². The Bertz CT molecular complexity index is 777. The molecule has 2 aromatic rings. The van der Waals surface area contributed by atoms with Crippen LogP contribution in [0, 0.1) is 0 Å². The monoisotopic (exact) mass is 358 g/mol. The summed E-state index contributed by atoms with van der Waals surface area (Å²) in [6.07, 6.45) is 0.794. The molecule has 1 atom stereocenters. The number of carbonyl (C=O) groups is 2. The predicted octanol–water partition coefficient (Wildman–Crippen LogP) is 3.66. The van der Waals surface area contributed by atoms with Crippen LogP contribution in [-0.4, -0.2) is 24.5 Å². The second-order valence-corrected chi connectivity index (χ2v) is 5.63. The second-order valence-electron chi connectivity index (χ2n) is 5.22. The van der Waals surface area contributed by atoms with E-state index in [1.807, 2.05) is 0 Å². The molecule has 0 aliphatic carbocycles. The maximum absolute atomic E-state index is 12.4. The number of halogens is 1. The molecule has 6 heteroatoms. The molecule has 0 aliphatic rings. The summed E-state index contributed by atoms with van der Waals surface area (Å²) in [5, 5.41) is 5.82. The zero-order valence-corrected chi connectivity index (χ0v) is 14.5. The highest BCUT2D eigenvalue weighted by Crippen LogP contribution is 2.24. The third-order valence-corrected chi connectivity index (χ3v) is 3.66. The molecule has 5 nitrogen and oxygen atoms in total. The summed E-state index contributed by atoms with van der Waals surface area (Å²) < 4.78 is 5.59. The Hall–Kier alpha value is -2.79. The van der Waals surface area contributed by atoms with Crippen molar-refractivity contribution in [1.29, 1.82) is 0 Å². The Morgan fingerprint density at radius 2 is 1.88 bits per heavy atom. The molecule has 130 valence electrons. The van der Waals surface area contributed by atoms with Gasteiger partial charge in [-0.3, -0.25) is 9.59 Å². The fraction of sp³-hybridized carbons (Fsp3) is 0.158. The molecule has 0 saturated heterocycles. The van der Waals surface area contributed by atoms with Gasteiger partial charge in [0.15, 0.2) is 6.10 Å². The van der Waals surface area contributed by atoms with Gasteiger partial charge in [0, 0.05) is 6.54 Å². The fourth-order valence-corrected chi connectivity index (χ4v) is 2.25. The Kier molecular flexibility index (Phi) is 6.60. The first-order valence-corrected chi connectivity index (χ1v) is 8.11. The lowest BCUT2D eigenvalue weighted by Crippen LogP contribution is -2.31. The summed E-state index contributed by atoms with van der Waals surface area (Å²) in [5.74, 6) is -0.261. The van der Waals surface area contributed by atoms with Crippen LogP contribution >= 0.6 is 11.6 Å². The minimum atomic E-state index is -0.788. The summed E-state index contributed by atoms with van der Waals surface area (Å²) in [4.78, 5) is 24.5. The van der Waals surface area contributed by atoms with E-state index in [4.69, 9.17) is 16.3 Å². The van der Waals surface area contributed by atoms with Crippen molar-refractivity contribution in [2.75, 3.05) is 11.9 Å². The van der Waals surface area contributed by atoms with E-state index in [-0.39, 0.29) is 11.8 Å². The molecule has 2 rings (SSSR count). The van der Waals surface area contributed by atoms with Gasteiger partial charge in [0.2, 0.25) is 0 Å². The van der Waals surface area contributed by atoms with Gasteiger partial charge in [-0.15, -0.1) is 6.58 Å². The van der Waals surface area contributed by atoms with Crippen molar-refractivity contribution in [2.24, 2.45) is 0 Å². The summed E-state index contributed by atoms with van der Waals surface area (Å²) in [6, 6.07) is 13.7. The third kappa shape index (κ3) is 5.09. The molecule has 0 radical (unpaired) electrons. The van der Waals surface area contributed by atoms with Crippen LogP contribution in [-0.2, 0) is 4.79 Å². The van der Waals surface area contributed by atoms with Crippen molar-refractivity contribution in [1.82, 2.24) is 5.32 Å². The van der Waals surface area contributed by atoms with Gasteiger partial charge in [-0.2, -0.15) is 0 Å². The number of anilines is 1. The molecule has 0 aliphatic heterocycles. The predicted molar refractivity (Wildman–Crippen MR) is 99.1 cm³/mol. The van der Waals surface area contributed by atoms with Crippen LogP contribution in [0.3, 0.4) is 0 Å². The zero-order chi connectivity index (χ0) is 18.2. The van der Waals surface area contributed by atoms with Gasteiger partial charge in [0.25, 0.3) is 11.8 Å². The van der Waals surface area contributed by atoms with Crippen molar-refractivity contribution in [3.05, 3.63) is 71.8 Å². The van der Waals surface area contributed by atoms with Crippen LogP contribution in [0.4, 0.5) is 5.69 Å². The van der Waals surface area contributed by atoms with E-state index in [2.05, 4.69) is 17.2 Å². The van der Waals surface area contributed by atoms with E-state index < -0.39 is 6.10 Å². The number of hydrogen-bond acceptors (Lipinski definition) is 3. The molecule has 0 heterocycles. The lowest BCUT2D eigenvalue weighted by Gasteiger charge is -2.17. The van der Waals surface area contributed by atoms with Crippen molar-refractivity contribution in [2.45, 2.75) is 13.0 Å². The lowest BCUT2D eigenvalue weighted by atomic mass is 10.1. The van der Waals surface area contributed by atoms with Crippen LogP contribution in [0.2, 0.25) is 5.02 Å². The van der Waals surface area contributed by atoms with Crippen molar-refractivity contribution < 1.29 is 14.3 Å². The van der Waals surface area contributed by atoms with Crippen molar-refractivity contribution >= 4 is 29.1 Å². The maximum atomic E-state index is 12.4. The SMILES string of the molecule is C=CCNC(=O)c1ccccc1NC(=O)C(C)Oc1ccccc1Cl. The Morgan fingerprint density at radius 3 is 2.60 bits per heavy atom. The topological polar surface area (TPSA) is 67.4 Å². The molecule has 0 spiro atoms. The van der Waals surface area contributed by atoms with Crippen LogP contribution in [0.15, 0.2) is 61.2 Å². The average Bonchev–Trinajstić information content (AvgIpc) is 2.62. The Balaban J connectivity index is 2.08. The van der Waals surface area contributed by atoms with Crippen molar-refractivity contribution in [3.63, 3.8) is 0 Å². The molecule has 0 aromatic heterocycles. The fourth-order valence-electron chi connectivity index (χ4n) is 2.07. The van der Waals surface area contributed by atoms with Crippen LogP contribution in [0.1, 0.15) is 17.3 Å². The van der Waals surface area contributed by atoms with E-state index in [0.29, 0.717) is 28.6 Å². The van der Waals surface area contributed by atoms with Crippen molar-refractivity contribution in [3.8, 4) is 5.75 Å². The van der Waals surface area contributed by atoms with Crippen LogP contribution < -0.4 is 15.4 Å². The number of carbonyl (C=O) groups excluding carboxylic acids is 2. The highest BCUT2D eigenvalue weighted by Gasteiger charge is 2.19. The number of nitrogens with one attached hydrogen (secondary N) is 2. The maximum Gasteiger partial charge on any atom is 0.265 e. The van der Waals surface area contributed by atoms with Gasteiger partial charge in [0.1, 0.15) is 5.75 Å². The number of para-hydroxylation sites is 2. The summed E-state index contributed by atoms with van der Waals surface area (Å²) >= 11 is 6.03. The third-order valence-electron chi connectivity index (χ3n) is 3.35. The molecule has 2 amide bonds. The zero-order valence-electron chi connectivity index (χ0n) is 13.8. The largest absolute Gasteiger partial charge is 0.479 e. The first-order valence-electron chi connectivity index (χ1n) is 7.73. The minimum absolute atomic E-state index is 0.296. The summed E-state index contributed by atoms with van der Waals surface area (Å²) in [7, 11) is 0. The number of ether oxygens (including phenoxy) is 1. The van der Waals surface area contributed by atoms with Crippen LogP contribution in [0.25, 0.3) is 0 Å². The number of amides is 2. The smallest absolute Gasteiger partial charge is 0.265 e. The van der Waals surface area contributed by atoms with E-state index in [9.17, 15) is 9.59 Å². The van der Waals surface area contributed by atoms with Gasteiger partial charge in [-0.05, 0) is 31.2 Å².